The summed E-state index contributed by atoms with van der Waals surface area (Å²) in [7, 11) is -2.57. The predicted octanol–water partition coefficient (Wildman–Crippen LogP) is 3.95. The minimum atomic E-state index is -3.90. The van der Waals surface area contributed by atoms with E-state index < -0.39 is 40.0 Å². The Kier molecular flexibility index (Phi) is 8.46. The van der Waals surface area contributed by atoms with E-state index in [1.54, 1.807) is 0 Å². The fraction of sp³-hybridized carbons (Fsp3) is 0.429. The molecule has 0 saturated carbocycles. The zero-order chi connectivity index (χ0) is 24.2. The van der Waals surface area contributed by atoms with E-state index in [9.17, 15) is 22.4 Å². The molecule has 0 aliphatic carbocycles. The average molecular weight is 518 g/mol. The number of benzene rings is 1. The number of carbonyl (C=O) groups excluding carboxylic acids is 1. The first-order valence-electron chi connectivity index (χ1n) is 10.4. The van der Waals surface area contributed by atoms with Crippen molar-refractivity contribution in [1.82, 2.24) is 9.03 Å². The maximum Gasteiger partial charge on any atom is 0.303 e. The molecule has 2 atom stereocenters. The molecule has 1 fully saturated rings. The molecular weight excluding hydrogens is 493 g/mol. The smallest absolute Gasteiger partial charge is 0.303 e. The molecule has 33 heavy (non-hydrogen) atoms. The number of nitrogens with zero attached hydrogens (tertiary/aromatic N) is 1. The standard InChI is InChI=1S/C21H25ClFN3O5S2/c1-26-18(21(29)24-13-7-9-16(23)15(22)11-13)12-17(25-33(26,30)31)19-10-8-14(32-19)5-3-2-4-6-20(27)28/h7-11,17-18,25H,2-6,12H2,1H3,(H,24,29)(H,27,28). The van der Waals surface area contributed by atoms with Crippen LogP contribution in [0.5, 0.6) is 0 Å². The molecule has 180 valence electrons. The van der Waals surface area contributed by atoms with Gasteiger partial charge in [-0.05, 0) is 56.0 Å². The Morgan fingerprint density at radius 2 is 2.03 bits per heavy atom. The maximum atomic E-state index is 13.4. The van der Waals surface area contributed by atoms with E-state index in [-0.39, 0.29) is 23.6 Å². The van der Waals surface area contributed by atoms with Crippen molar-refractivity contribution in [2.75, 3.05) is 12.4 Å². The Balaban J connectivity index is 1.66. The molecule has 2 heterocycles. The lowest BCUT2D eigenvalue weighted by atomic mass is 10.1. The first kappa shape index (κ1) is 25.6. The molecule has 1 aromatic carbocycles. The van der Waals surface area contributed by atoms with E-state index >= 15 is 0 Å². The molecule has 1 aromatic heterocycles. The normalized spacial score (nSPS) is 20.5. The van der Waals surface area contributed by atoms with E-state index in [2.05, 4.69) is 10.0 Å². The fourth-order valence-electron chi connectivity index (χ4n) is 3.56. The molecule has 1 aliphatic rings. The van der Waals surface area contributed by atoms with Gasteiger partial charge in [0.15, 0.2) is 0 Å². The van der Waals surface area contributed by atoms with E-state index in [1.807, 2.05) is 12.1 Å². The monoisotopic (exact) mass is 517 g/mol. The van der Waals surface area contributed by atoms with Crippen molar-refractivity contribution in [3.05, 3.63) is 50.9 Å². The number of nitrogens with one attached hydrogen (secondary N) is 2. The molecule has 8 nitrogen and oxygen atoms in total. The summed E-state index contributed by atoms with van der Waals surface area (Å²) in [6.07, 6.45) is 3.42. The van der Waals surface area contributed by atoms with Crippen LogP contribution in [0, 0.1) is 5.82 Å². The highest BCUT2D eigenvalue weighted by Crippen LogP contribution is 2.33. The van der Waals surface area contributed by atoms with E-state index in [0.717, 1.165) is 39.4 Å². The van der Waals surface area contributed by atoms with E-state index in [0.29, 0.717) is 6.42 Å². The first-order chi connectivity index (χ1) is 15.6. The lowest BCUT2D eigenvalue weighted by Gasteiger charge is -2.35. The number of unbranched alkanes of at least 4 members (excludes halogenated alkanes) is 2. The van der Waals surface area contributed by atoms with Crippen LogP contribution in [0.15, 0.2) is 30.3 Å². The maximum absolute atomic E-state index is 13.4. The Morgan fingerprint density at radius 3 is 2.73 bits per heavy atom. The minimum absolute atomic E-state index is 0.147. The molecule has 1 amide bonds. The van der Waals surface area contributed by atoms with Crippen molar-refractivity contribution in [3.63, 3.8) is 0 Å². The van der Waals surface area contributed by atoms with Crippen LogP contribution in [0.3, 0.4) is 0 Å². The number of hydrogen-bond acceptors (Lipinski definition) is 5. The number of aliphatic carboxylic acids is 1. The van der Waals surface area contributed by atoms with E-state index in [4.69, 9.17) is 16.7 Å². The molecule has 2 unspecified atom stereocenters. The van der Waals surface area contributed by atoms with Crippen molar-refractivity contribution in [1.29, 1.82) is 0 Å². The Bertz CT molecular complexity index is 1120. The molecule has 1 saturated heterocycles. The third-order valence-corrected chi connectivity index (χ3v) is 8.54. The molecule has 2 aromatic rings. The lowest BCUT2D eigenvalue weighted by molar-refractivity contribution is -0.137. The van der Waals surface area contributed by atoms with Crippen molar-refractivity contribution < 1.29 is 27.5 Å². The number of rotatable bonds is 9. The van der Waals surface area contributed by atoms with Gasteiger partial charge in [0.25, 0.3) is 10.2 Å². The highest BCUT2D eigenvalue weighted by atomic mass is 35.5. The number of anilines is 1. The number of hydrogen-bond donors (Lipinski definition) is 3. The van der Waals surface area contributed by atoms with Gasteiger partial charge in [0.2, 0.25) is 5.91 Å². The SMILES string of the molecule is CN1C(C(=O)Nc2ccc(F)c(Cl)c2)CC(c2ccc(CCCCCC(=O)O)s2)NS1(=O)=O. The quantitative estimate of drug-likeness (QED) is 0.436. The summed E-state index contributed by atoms with van der Waals surface area (Å²) >= 11 is 7.24. The summed E-state index contributed by atoms with van der Waals surface area (Å²) in [4.78, 5) is 25.3. The van der Waals surface area contributed by atoms with Gasteiger partial charge in [-0.3, -0.25) is 9.59 Å². The summed E-state index contributed by atoms with van der Waals surface area (Å²) in [5.41, 5.74) is 0.272. The van der Waals surface area contributed by atoms with Crippen molar-refractivity contribution in [3.8, 4) is 0 Å². The van der Waals surface area contributed by atoms with Gasteiger partial charge >= 0.3 is 5.97 Å². The number of carbonyl (C=O) groups is 2. The second kappa shape index (κ2) is 10.9. The lowest BCUT2D eigenvalue weighted by Crippen LogP contribution is -2.55. The van der Waals surface area contributed by atoms with Gasteiger partial charge in [0.05, 0.1) is 11.1 Å². The molecule has 0 bridgehead atoms. The van der Waals surface area contributed by atoms with Crippen LogP contribution in [0.1, 0.15) is 47.9 Å². The van der Waals surface area contributed by atoms with Gasteiger partial charge in [-0.25, -0.2) is 4.39 Å². The predicted molar refractivity (Wildman–Crippen MR) is 125 cm³/mol. The Morgan fingerprint density at radius 1 is 1.27 bits per heavy atom. The number of carboxylic acids is 1. The largest absolute Gasteiger partial charge is 0.481 e. The van der Waals surface area contributed by atoms with Crippen LogP contribution in [-0.4, -0.2) is 42.8 Å². The highest BCUT2D eigenvalue weighted by Gasteiger charge is 2.41. The van der Waals surface area contributed by atoms with Gasteiger partial charge < -0.3 is 10.4 Å². The Hall–Kier alpha value is -2.05. The molecule has 0 radical (unpaired) electrons. The zero-order valence-corrected chi connectivity index (χ0v) is 20.3. The number of aryl methyl sites for hydroxylation is 1. The van der Waals surface area contributed by atoms with Crippen molar-refractivity contribution in [2.45, 2.75) is 50.6 Å². The van der Waals surface area contributed by atoms with Gasteiger partial charge in [0.1, 0.15) is 11.9 Å². The van der Waals surface area contributed by atoms with Crippen LogP contribution in [-0.2, 0) is 26.2 Å². The van der Waals surface area contributed by atoms with Crippen LogP contribution in [0.2, 0.25) is 5.02 Å². The number of thiophene rings is 1. The van der Waals surface area contributed by atoms with Crippen LogP contribution < -0.4 is 10.0 Å². The third-order valence-electron chi connectivity index (χ3n) is 5.40. The average Bonchev–Trinajstić information content (AvgIpc) is 3.21. The molecule has 1 aliphatic heterocycles. The summed E-state index contributed by atoms with van der Waals surface area (Å²) in [6, 6.07) is 6.00. The molecule has 12 heteroatoms. The third kappa shape index (κ3) is 6.73. The zero-order valence-electron chi connectivity index (χ0n) is 17.9. The molecule has 0 spiro atoms. The van der Waals surface area contributed by atoms with Gasteiger partial charge in [-0.15, -0.1) is 11.3 Å². The van der Waals surface area contributed by atoms with Crippen molar-refractivity contribution in [2.24, 2.45) is 0 Å². The van der Waals surface area contributed by atoms with Gasteiger partial charge in [-0.2, -0.15) is 17.4 Å². The van der Waals surface area contributed by atoms with Crippen LogP contribution in [0.4, 0.5) is 10.1 Å². The number of carboxylic acid groups (broad SMARTS) is 1. The number of halogens is 2. The molecule has 3 rings (SSSR count). The second-order valence-electron chi connectivity index (χ2n) is 7.82. The molecule has 3 N–H and O–H groups in total. The minimum Gasteiger partial charge on any atom is -0.481 e. The van der Waals surface area contributed by atoms with Crippen molar-refractivity contribution >= 4 is 50.7 Å². The summed E-state index contributed by atoms with van der Waals surface area (Å²) in [5, 5.41) is 11.2. The second-order valence-corrected chi connectivity index (χ2v) is 11.2. The van der Waals surface area contributed by atoms with Gasteiger partial charge in [0, 0.05) is 28.9 Å². The Labute approximate surface area is 200 Å². The topological polar surface area (TPSA) is 116 Å². The van der Waals surface area contributed by atoms with Gasteiger partial charge in [-0.1, -0.05) is 18.0 Å². The highest BCUT2D eigenvalue weighted by molar-refractivity contribution is 7.87. The molecular formula is C21H25ClFN3O5S2. The van der Waals surface area contributed by atoms with Crippen LogP contribution >= 0.6 is 22.9 Å². The first-order valence-corrected chi connectivity index (χ1v) is 13.0. The summed E-state index contributed by atoms with van der Waals surface area (Å²) < 4.78 is 42.3. The van der Waals surface area contributed by atoms with Crippen LogP contribution in [0.25, 0.3) is 0 Å². The summed E-state index contributed by atoms with van der Waals surface area (Å²) in [6.45, 7) is 0. The van der Waals surface area contributed by atoms with E-state index in [1.165, 1.54) is 30.5 Å². The number of amides is 1. The fourth-order valence-corrected chi connectivity index (χ4v) is 6.20. The number of likely N-dealkylation sites (N-methyl/N-ethyl adjacent to an activating group) is 1. The summed E-state index contributed by atoms with van der Waals surface area (Å²) in [5.74, 6) is -1.96.